The minimum absolute atomic E-state index is 0.127. The zero-order valence-corrected chi connectivity index (χ0v) is 16.8. The normalized spacial score (nSPS) is 11.0. The largest absolute Gasteiger partial charge is 0.456 e. The number of hydrogen-bond donors (Lipinski definition) is 1. The molecule has 1 aromatic carbocycles. The van der Waals surface area contributed by atoms with E-state index >= 15 is 0 Å². The number of nitrogens with zero attached hydrogens (tertiary/aromatic N) is 1. The number of aryl methyl sites for hydroxylation is 1. The summed E-state index contributed by atoms with van der Waals surface area (Å²) in [5.74, 6) is -1.18. The predicted molar refractivity (Wildman–Crippen MR) is 102 cm³/mol. The molecule has 0 saturated heterocycles. The maximum Gasteiger partial charge on any atom is 0.306 e. The van der Waals surface area contributed by atoms with Crippen molar-refractivity contribution in [2.45, 2.75) is 41.0 Å². The van der Waals surface area contributed by atoms with Gasteiger partial charge in [0, 0.05) is 17.3 Å². The number of esters is 1. The summed E-state index contributed by atoms with van der Waals surface area (Å²) in [6.45, 7) is 9.18. The molecule has 0 aliphatic rings. The highest BCUT2D eigenvalue weighted by Crippen LogP contribution is 2.20. The monoisotopic (exact) mass is 382 g/mol. The van der Waals surface area contributed by atoms with Crippen molar-refractivity contribution in [3.63, 3.8) is 0 Å². The number of anilines is 1. The summed E-state index contributed by atoms with van der Waals surface area (Å²) < 4.78 is 5.02. The molecule has 26 heavy (non-hydrogen) atoms. The molecule has 0 atom stereocenters. The Bertz CT molecular complexity index is 668. The van der Waals surface area contributed by atoms with E-state index in [2.05, 4.69) is 5.32 Å². The van der Waals surface area contributed by atoms with Gasteiger partial charge in [0.15, 0.2) is 6.61 Å². The van der Waals surface area contributed by atoms with Crippen LogP contribution in [-0.2, 0) is 19.1 Å². The van der Waals surface area contributed by atoms with Crippen LogP contribution in [-0.4, -0.2) is 42.4 Å². The third kappa shape index (κ3) is 7.87. The van der Waals surface area contributed by atoms with Gasteiger partial charge in [-0.2, -0.15) is 0 Å². The molecule has 0 aliphatic carbocycles. The van der Waals surface area contributed by atoms with Crippen LogP contribution in [0.3, 0.4) is 0 Å². The Kier molecular flexibility index (Phi) is 8.08. The fourth-order valence-electron chi connectivity index (χ4n) is 2.19. The average Bonchev–Trinajstić information content (AvgIpc) is 2.52. The van der Waals surface area contributed by atoms with Gasteiger partial charge in [0.1, 0.15) is 0 Å². The SMILES string of the molecule is CCN(CC(=O)Nc1cc(Cl)ccc1C)C(=O)COC(=O)CC(C)(C)C. The Balaban J connectivity index is 2.57. The molecule has 0 radical (unpaired) electrons. The molecule has 0 aliphatic heterocycles. The topological polar surface area (TPSA) is 75.7 Å². The van der Waals surface area contributed by atoms with Crippen LogP contribution in [0.5, 0.6) is 0 Å². The first-order chi connectivity index (χ1) is 12.0. The van der Waals surface area contributed by atoms with Gasteiger partial charge in [-0.3, -0.25) is 14.4 Å². The van der Waals surface area contributed by atoms with E-state index in [1.165, 1.54) is 4.90 Å². The molecule has 0 unspecified atom stereocenters. The van der Waals surface area contributed by atoms with Gasteiger partial charge in [-0.15, -0.1) is 0 Å². The van der Waals surface area contributed by atoms with Gasteiger partial charge < -0.3 is 15.0 Å². The zero-order chi connectivity index (χ0) is 19.9. The minimum Gasteiger partial charge on any atom is -0.456 e. The van der Waals surface area contributed by atoms with Crippen molar-refractivity contribution in [2.24, 2.45) is 5.41 Å². The molecule has 0 aromatic heterocycles. The first-order valence-corrected chi connectivity index (χ1v) is 8.89. The lowest BCUT2D eigenvalue weighted by atomic mass is 9.92. The first kappa shape index (κ1) is 22.0. The number of nitrogens with one attached hydrogen (secondary N) is 1. The maximum atomic E-state index is 12.2. The predicted octanol–water partition coefficient (Wildman–Crippen LogP) is 3.41. The Morgan fingerprint density at radius 1 is 1.23 bits per heavy atom. The third-order valence-electron chi connectivity index (χ3n) is 3.57. The smallest absolute Gasteiger partial charge is 0.306 e. The summed E-state index contributed by atoms with van der Waals surface area (Å²) in [6, 6.07) is 5.19. The van der Waals surface area contributed by atoms with Crippen LogP contribution < -0.4 is 5.32 Å². The molecular formula is C19H27ClN2O4. The van der Waals surface area contributed by atoms with Gasteiger partial charge in [0.05, 0.1) is 13.0 Å². The number of benzene rings is 1. The van der Waals surface area contributed by atoms with Gasteiger partial charge in [0.25, 0.3) is 5.91 Å². The summed E-state index contributed by atoms with van der Waals surface area (Å²) >= 11 is 5.94. The number of amides is 2. The van der Waals surface area contributed by atoms with E-state index in [1.807, 2.05) is 27.7 Å². The van der Waals surface area contributed by atoms with Crippen molar-refractivity contribution in [3.8, 4) is 0 Å². The van der Waals surface area contributed by atoms with E-state index in [4.69, 9.17) is 16.3 Å². The Hall–Kier alpha value is -2.08. The molecule has 6 nitrogen and oxygen atoms in total. The number of carbonyl (C=O) groups is 3. The van der Waals surface area contributed by atoms with E-state index in [1.54, 1.807) is 25.1 Å². The number of rotatable bonds is 7. The summed E-state index contributed by atoms with van der Waals surface area (Å²) in [6.07, 6.45) is 0.223. The second-order valence-electron chi connectivity index (χ2n) is 7.31. The lowest BCUT2D eigenvalue weighted by Gasteiger charge is -2.21. The van der Waals surface area contributed by atoms with Crippen molar-refractivity contribution in [2.75, 3.05) is 25.0 Å². The highest BCUT2D eigenvalue weighted by atomic mass is 35.5. The van der Waals surface area contributed by atoms with Gasteiger partial charge in [-0.1, -0.05) is 38.4 Å². The lowest BCUT2D eigenvalue weighted by molar-refractivity contribution is -0.153. The Labute approximate surface area is 159 Å². The fraction of sp³-hybridized carbons (Fsp3) is 0.526. The fourth-order valence-corrected chi connectivity index (χ4v) is 2.36. The number of likely N-dealkylation sites (N-methyl/N-ethyl adjacent to an activating group) is 1. The van der Waals surface area contributed by atoms with E-state index in [-0.39, 0.29) is 30.9 Å². The highest BCUT2D eigenvalue weighted by Gasteiger charge is 2.21. The van der Waals surface area contributed by atoms with E-state index in [0.29, 0.717) is 17.3 Å². The molecule has 0 heterocycles. The van der Waals surface area contributed by atoms with Crippen molar-refractivity contribution in [1.29, 1.82) is 0 Å². The van der Waals surface area contributed by atoms with Crippen LogP contribution >= 0.6 is 11.6 Å². The maximum absolute atomic E-state index is 12.2. The molecule has 0 fully saturated rings. The average molecular weight is 383 g/mol. The summed E-state index contributed by atoms with van der Waals surface area (Å²) in [4.78, 5) is 37.5. The van der Waals surface area contributed by atoms with Crippen molar-refractivity contribution >= 4 is 35.1 Å². The van der Waals surface area contributed by atoms with Gasteiger partial charge in [-0.05, 0) is 37.0 Å². The highest BCUT2D eigenvalue weighted by molar-refractivity contribution is 6.31. The second-order valence-corrected chi connectivity index (χ2v) is 7.75. The summed E-state index contributed by atoms with van der Waals surface area (Å²) in [7, 11) is 0. The van der Waals surface area contributed by atoms with Crippen LogP contribution in [0.1, 0.15) is 39.7 Å². The van der Waals surface area contributed by atoms with Crippen LogP contribution in [0.15, 0.2) is 18.2 Å². The van der Waals surface area contributed by atoms with Crippen LogP contribution in [0, 0.1) is 12.3 Å². The molecule has 0 saturated carbocycles. The quantitative estimate of drug-likeness (QED) is 0.733. The molecule has 144 valence electrons. The molecular weight excluding hydrogens is 356 g/mol. The van der Waals surface area contributed by atoms with Gasteiger partial charge in [0.2, 0.25) is 5.91 Å². The van der Waals surface area contributed by atoms with E-state index < -0.39 is 11.9 Å². The summed E-state index contributed by atoms with van der Waals surface area (Å²) in [5, 5.41) is 3.26. The molecule has 0 bridgehead atoms. The molecule has 1 rings (SSSR count). The van der Waals surface area contributed by atoms with Crippen LogP contribution in [0.25, 0.3) is 0 Å². The minimum atomic E-state index is -0.430. The van der Waals surface area contributed by atoms with E-state index in [0.717, 1.165) is 5.56 Å². The Morgan fingerprint density at radius 3 is 2.46 bits per heavy atom. The standard InChI is InChI=1S/C19H27ClN2O4/c1-6-22(17(24)12-26-18(25)10-19(3,4)5)11-16(23)21-15-9-14(20)8-7-13(15)2/h7-9H,6,10-12H2,1-5H3,(H,21,23). The second kappa shape index (κ2) is 9.57. The van der Waals surface area contributed by atoms with Crippen molar-refractivity contribution in [1.82, 2.24) is 4.90 Å². The molecule has 1 aromatic rings. The van der Waals surface area contributed by atoms with Crippen molar-refractivity contribution < 1.29 is 19.1 Å². The lowest BCUT2D eigenvalue weighted by Crippen LogP contribution is -2.40. The number of carbonyl (C=O) groups excluding carboxylic acids is 3. The number of hydrogen-bond acceptors (Lipinski definition) is 4. The number of ether oxygens (including phenoxy) is 1. The van der Waals surface area contributed by atoms with Gasteiger partial charge in [-0.25, -0.2) is 0 Å². The molecule has 1 N–H and O–H groups in total. The molecule has 7 heteroatoms. The van der Waals surface area contributed by atoms with Crippen molar-refractivity contribution in [3.05, 3.63) is 28.8 Å². The van der Waals surface area contributed by atoms with E-state index in [9.17, 15) is 14.4 Å². The first-order valence-electron chi connectivity index (χ1n) is 8.51. The Morgan fingerprint density at radius 2 is 1.88 bits per heavy atom. The number of halogens is 1. The van der Waals surface area contributed by atoms with Gasteiger partial charge >= 0.3 is 5.97 Å². The van der Waals surface area contributed by atoms with Crippen LogP contribution in [0.4, 0.5) is 5.69 Å². The zero-order valence-electron chi connectivity index (χ0n) is 16.0. The molecule has 0 spiro atoms. The molecule has 2 amide bonds. The third-order valence-corrected chi connectivity index (χ3v) is 3.81. The van der Waals surface area contributed by atoms with Crippen LogP contribution in [0.2, 0.25) is 5.02 Å². The summed E-state index contributed by atoms with van der Waals surface area (Å²) in [5.41, 5.74) is 1.26.